The Balaban J connectivity index is 1.92. The van der Waals surface area contributed by atoms with Crippen LogP contribution in [0.5, 0.6) is 0 Å². The Morgan fingerprint density at radius 2 is 1.76 bits per heavy atom. The van der Waals surface area contributed by atoms with Crippen LogP contribution in [0.2, 0.25) is 0 Å². The molecule has 2 rings (SSSR count). The van der Waals surface area contributed by atoms with Gasteiger partial charge in [-0.15, -0.1) is 0 Å². The van der Waals surface area contributed by atoms with Gasteiger partial charge in [-0.3, -0.25) is 19.4 Å². The van der Waals surface area contributed by atoms with Crippen LogP contribution >= 0.6 is 0 Å². The summed E-state index contributed by atoms with van der Waals surface area (Å²) in [5.41, 5.74) is 0.480. The van der Waals surface area contributed by atoms with Gasteiger partial charge in [0.05, 0.1) is 17.9 Å². The molecule has 0 spiro atoms. The number of amides is 2. The summed E-state index contributed by atoms with van der Waals surface area (Å²) in [6.45, 7) is 1.81. The van der Waals surface area contributed by atoms with Crippen molar-refractivity contribution in [2.75, 3.05) is 13.2 Å². The number of sulfonamides is 1. The highest BCUT2D eigenvalue weighted by atomic mass is 32.2. The van der Waals surface area contributed by atoms with E-state index >= 15 is 0 Å². The van der Waals surface area contributed by atoms with Crippen molar-refractivity contribution in [2.24, 2.45) is 0 Å². The van der Waals surface area contributed by atoms with Gasteiger partial charge in [0.1, 0.15) is 12.2 Å². The van der Waals surface area contributed by atoms with Gasteiger partial charge in [0, 0.05) is 6.20 Å². The maximum atomic E-state index is 12.2. The fraction of sp³-hybridized carbons (Fsp3) is 0.263. The predicted octanol–water partition coefficient (Wildman–Crippen LogP) is 1.02. The van der Waals surface area contributed by atoms with Crippen LogP contribution in [-0.4, -0.2) is 44.3 Å². The number of nitrogens with one attached hydrogen (secondary N) is 2. The molecule has 2 aromatic rings. The van der Waals surface area contributed by atoms with Crippen LogP contribution in [0.15, 0.2) is 48.7 Å². The highest BCUT2D eigenvalue weighted by Gasteiger charge is 2.18. The van der Waals surface area contributed by atoms with Crippen molar-refractivity contribution in [3.63, 3.8) is 0 Å². The molecule has 1 aromatic heterocycles. The molecule has 0 fully saturated rings. The molecule has 0 bridgehead atoms. The van der Waals surface area contributed by atoms with Crippen LogP contribution in [0.1, 0.15) is 39.8 Å². The Morgan fingerprint density at radius 1 is 1.03 bits per heavy atom. The van der Waals surface area contributed by atoms with Crippen LogP contribution in [0.4, 0.5) is 0 Å². The van der Waals surface area contributed by atoms with E-state index in [4.69, 9.17) is 4.74 Å². The molecule has 1 heterocycles. The van der Waals surface area contributed by atoms with Gasteiger partial charge >= 0.3 is 5.97 Å². The van der Waals surface area contributed by atoms with Gasteiger partial charge in [0.2, 0.25) is 10.0 Å². The minimum absolute atomic E-state index is 0.0273. The van der Waals surface area contributed by atoms with Gasteiger partial charge < -0.3 is 10.1 Å². The number of nitrogens with zero attached hydrogens (tertiary/aromatic N) is 1. The van der Waals surface area contributed by atoms with E-state index in [1.54, 1.807) is 30.3 Å². The van der Waals surface area contributed by atoms with Gasteiger partial charge in [0.15, 0.2) is 0 Å². The third-order valence-corrected chi connectivity index (χ3v) is 4.78. The average Bonchev–Trinajstić information content (AvgIpc) is 2.70. The number of aromatic nitrogens is 1. The van der Waals surface area contributed by atoms with Crippen molar-refractivity contribution in [1.29, 1.82) is 0 Å². The second-order valence-electron chi connectivity index (χ2n) is 6.01. The molecule has 2 N–H and O–H groups in total. The Labute approximate surface area is 168 Å². The lowest BCUT2D eigenvalue weighted by atomic mass is 10.2. The molecular weight excluding hydrogens is 398 g/mol. The fourth-order valence-corrected chi connectivity index (χ4v) is 3.31. The normalized spacial score (nSPS) is 10.8. The summed E-state index contributed by atoms with van der Waals surface area (Å²) in [6.07, 6.45) is 1.75. The number of hydrogen-bond donors (Lipinski definition) is 2. The van der Waals surface area contributed by atoms with E-state index in [0.717, 1.165) is 6.20 Å². The zero-order valence-corrected chi connectivity index (χ0v) is 16.6. The highest BCUT2D eigenvalue weighted by molar-refractivity contribution is 7.89. The standard InChI is InChI=1S/C19H21N3O6S/c1-2-10-28-17(23)12-21-19(25)16-9-8-15(11-20-16)18(24)22-29(26,27)13-14-6-4-3-5-7-14/h3-9,11H,2,10,12-13H2,1H3,(H,21,25)(H,22,24). The SMILES string of the molecule is CCCOC(=O)CNC(=O)c1ccc(C(=O)NS(=O)(=O)Cc2ccccc2)cn1. The predicted molar refractivity (Wildman–Crippen MR) is 104 cm³/mol. The number of benzene rings is 1. The number of ether oxygens (including phenoxy) is 1. The Hall–Kier alpha value is -3.27. The Bertz CT molecular complexity index is 959. The Kier molecular flexibility index (Phi) is 7.84. The summed E-state index contributed by atoms with van der Waals surface area (Å²) in [5, 5.41) is 2.35. The number of carbonyl (C=O) groups excluding carboxylic acids is 3. The summed E-state index contributed by atoms with van der Waals surface area (Å²) in [4.78, 5) is 39.3. The summed E-state index contributed by atoms with van der Waals surface area (Å²) < 4.78 is 31.0. The zero-order valence-electron chi connectivity index (χ0n) is 15.8. The molecule has 0 aliphatic heterocycles. The quantitative estimate of drug-likeness (QED) is 0.580. The first-order valence-corrected chi connectivity index (χ1v) is 10.4. The molecule has 0 aliphatic rings. The van der Waals surface area contributed by atoms with Crippen LogP contribution in [0.3, 0.4) is 0 Å². The van der Waals surface area contributed by atoms with Crippen molar-refractivity contribution in [1.82, 2.24) is 15.0 Å². The molecule has 9 nitrogen and oxygen atoms in total. The summed E-state index contributed by atoms with van der Waals surface area (Å²) in [7, 11) is -3.89. The molecule has 2 amide bonds. The minimum Gasteiger partial charge on any atom is -0.464 e. The lowest BCUT2D eigenvalue weighted by Gasteiger charge is -2.08. The van der Waals surface area contributed by atoms with Crippen molar-refractivity contribution in [2.45, 2.75) is 19.1 Å². The van der Waals surface area contributed by atoms with Crippen molar-refractivity contribution < 1.29 is 27.5 Å². The van der Waals surface area contributed by atoms with Crippen molar-refractivity contribution >= 4 is 27.8 Å². The molecule has 0 saturated carbocycles. The zero-order chi connectivity index (χ0) is 21.3. The van der Waals surface area contributed by atoms with Crippen LogP contribution < -0.4 is 10.0 Å². The third kappa shape index (κ3) is 7.34. The second-order valence-corrected chi connectivity index (χ2v) is 7.73. The summed E-state index contributed by atoms with van der Waals surface area (Å²) in [6, 6.07) is 10.9. The summed E-state index contributed by atoms with van der Waals surface area (Å²) in [5.74, 6) is -2.40. The van der Waals surface area contributed by atoms with E-state index in [1.165, 1.54) is 12.1 Å². The first-order valence-electron chi connectivity index (χ1n) is 8.79. The second kappa shape index (κ2) is 10.3. The van der Waals surface area contributed by atoms with E-state index in [0.29, 0.717) is 12.0 Å². The van der Waals surface area contributed by atoms with E-state index < -0.39 is 27.8 Å². The number of pyridine rings is 1. The molecule has 29 heavy (non-hydrogen) atoms. The van der Waals surface area contributed by atoms with Gasteiger partial charge in [-0.2, -0.15) is 0 Å². The Morgan fingerprint density at radius 3 is 2.38 bits per heavy atom. The minimum atomic E-state index is -3.89. The van der Waals surface area contributed by atoms with Crippen LogP contribution in [0, 0.1) is 0 Å². The molecule has 154 valence electrons. The van der Waals surface area contributed by atoms with E-state index in [1.807, 2.05) is 11.6 Å². The maximum absolute atomic E-state index is 12.2. The maximum Gasteiger partial charge on any atom is 0.325 e. The van der Waals surface area contributed by atoms with Gasteiger partial charge in [-0.05, 0) is 24.1 Å². The van der Waals surface area contributed by atoms with E-state index in [2.05, 4.69) is 10.3 Å². The number of rotatable bonds is 9. The van der Waals surface area contributed by atoms with Crippen LogP contribution in [-0.2, 0) is 25.3 Å². The first kappa shape index (κ1) is 22.0. The van der Waals surface area contributed by atoms with Crippen molar-refractivity contribution in [3.05, 3.63) is 65.5 Å². The average molecular weight is 419 g/mol. The third-order valence-electron chi connectivity index (χ3n) is 3.57. The summed E-state index contributed by atoms with van der Waals surface area (Å²) >= 11 is 0. The molecule has 0 unspecified atom stereocenters. The molecular formula is C19H21N3O6S. The molecule has 1 aromatic carbocycles. The smallest absolute Gasteiger partial charge is 0.325 e. The van der Waals surface area contributed by atoms with Gasteiger partial charge in [0.25, 0.3) is 11.8 Å². The van der Waals surface area contributed by atoms with Crippen LogP contribution in [0.25, 0.3) is 0 Å². The molecule has 10 heteroatoms. The fourth-order valence-electron chi connectivity index (χ4n) is 2.20. The number of carbonyl (C=O) groups is 3. The largest absolute Gasteiger partial charge is 0.464 e. The molecule has 0 radical (unpaired) electrons. The molecule has 0 saturated heterocycles. The molecule has 0 aliphatic carbocycles. The first-order chi connectivity index (χ1) is 13.8. The number of hydrogen-bond acceptors (Lipinski definition) is 7. The monoisotopic (exact) mass is 419 g/mol. The lowest BCUT2D eigenvalue weighted by molar-refractivity contribution is -0.142. The van der Waals surface area contributed by atoms with E-state index in [-0.39, 0.29) is 30.2 Å². The topological polar surface area (TPSA) is 132 Å². The van der Waals surface area contributed by atoms with Gasteiger partial charge in [-0.25, -0.2) is 13.1 Å². The molecule has 0 atom stereocenters. The lowest BCUT2D eigenvalue weighted by Crippen LogP contribution is -2.32. The van der Waals surface area contributed by atoms with Crippen molar-refractivity contribution in [3.8, 4) is 0 Å². The van der Waals surface area contributed by atoms with Gasteiger partial charge in [-0.1, -0.05) is 37.3 Å². The van der Waals surface area contributed by atoms with E-state index in [9.17, 15) is 22.8 Å². The number of esters is 1. The highest BCUT2D eigenvalue weighted by Crippen LogP contribution is 2.06.